The molecule has 0 unspecified atom stereocenters. The Morgan fingerprint density at radius 3 is 2.59 bits per heavy atom. The number of nitrogens with one attached hydrogen (secondary N) is 1. The molecule has 1 aliphatic rings. The van der Waals surface area contributed by atoms with E-state index in [1.807, 2.05) is 18.3 Å². The number of rotatable bonds is 5. The number of hydrogen-bond donors (Lipinski definition) is 2. The standard InChI is InChI=1S/C15H17NO2.C3H7N/c1-18-15-9-14(10-16-11-15)13-6-2-4-12(8-13)5-3-7-17;1-2-4-3-1/h2,4,6,8-11,17H,3,5,7H2,1H3;4H,1-3H2. The lowest BCUT2D eigenvalue weighted by atomic mass is 10.0. The minimum absolute atomic E-state index is 0.227. The summed E-state index contributed by atoms with van der Waals surface area (Å²) >= 11 is 0. The number of nitrogens with zero attached hydrogens (tertiary/aromatic N) is 1. The summed E-state index contributed by atoms with van der Waals surface area (Å²) in [4.78, 5) is 4.16. The molecule has 3 rings (SSSR count). The Morgan fingerprint density at radius 1 is 1.18 bits per heavy atom. The lowest BCUT2D eigenvalue weighted by molar-refractivity contribution is 0.288. The monoisotopic (exact) mass is 300 g/mol. The van der Waals surface area contributed by atoms with Crippen LogP contribution in [0, 0.1) is 0 Å². The minimum atomic E-state index is 0.227. The van der Waals surface area contributed by atoms with Gasteiger partial charge in [0.05, 0.1) is 13.3 Å². The molecule has 4 heteroatoms. The van der Waals surface area contributed by atoms with Crippen molar-refractivity contribution in [3.8, 4) is 16.9 Å². The topological polar surface area (TPSA) is 54.4 Å². The Labute approximate surface area is 132 Å². The van der Waals surface area contributed by atoms with Crippen LogP contribution in [0.4, 0.5) is 0 Å². The Bertz CT molecular complexity index is 565. The van der Waals surface area contributed by atoms with Gasteiger partial charge in [0.2, 0.25) is 0 Å². The quantitative estimate of drug-likeness (QED) is 0.891. The van der Waals surface area contributed by atoms with Gasteiger partial charge in [0.15, 0.2) is 0 Å². The number of aryl methyl sites for hydroxylation is 1. The van der Waals surface area contributed by atoms with Crippen LogP contribution in [0.1, 0.15) is 18.4 Å². The van der Waals surface area contributed by atoms with Gasteiger partial charge < -0.3 is 15.2 Å². The molecule has 0 bridgehead atoms. The molecule has 2 heterocycles. The third-order valence-corrected chi connectivity index (χ3v) is 3.54. The smallest absolute Gasteiger partial charge is 0.137 e. The highest BCUT2D eigenvalue weighted by molar-refractivity contribution is 5.64. The van der Waals surface area contributed by atoms with Crippen LogP contribution >= 0.6 is 0 Å². The van der Waals surface area contributed by atoms with Gasteiger partial charge in [-0.25, -0.2) is 0 Å². The predicted octanol–water partition coefficient (Wildman–Crippen LogP) is 2.66. The zero-order valence-electron chi connectivity index (χ0n) is 13.1. The van der Waals surface area contributed by atoms with E-state index in [2.05, 4.69) is 28.5 Å². The molecule has 1 aromatic carbocycles. The summed E-state index contributed by atoms with van der Waals surface area (Å²) in [6.45, 7) is 2.73. The van der Waals surface area contributed by atoms with Gasteiger partial charge in [-0.05, 0) is 49.5 Å². The van der Waals surface area contributed by atoms with Gasteiger partial charge >= 0.3 is 0 Å². The van der Waals surface area contributed by atoms with E-state index in [1.165, 1.54) is 25.1 Å². The maximum absolute atomic E-state index is 8.86. The van der Waals surface area contributed by atoms with Crippen molar-refractivity contribution in [2.24, 2.45) is 0 Å². The first kappa shape index (κ1) is 16.5. The van der Waals surface area contributed by atoms with Crippen LogP contribution in [0.3, 0.4) is 0 Å². The van der Waals surface area contributed by atoms with Crippen LogP contribution in [0.25, 0.3) is 11.1 Å². The molecule has 2 aromatic rings. The molecule has 1 saturated heterocycles. The SMILES string of the molecule is C1CNC1.COc1cncc(-c2cccc(CCCO)c2)c1. The number of aliphatic hydroxyl groups is 1. The van der Waals surface area contributed by atoms with Crippen molar-refractivity contribution in [3.63, 3.8) is 0 Å². The fourth-order valence-electron chi connectivity index (χ4n) is 2.05. The van der Waals surface area contributed by atoms with E-state index in [9.17, 15) is 0 Å². The van der Waals surface area contributed by atoms with E-state index in [-0.39, 0.29) is 6.61 Å². The summed E-state index contributed by atoms with van der Waals surface area (Å²) in [7, 11) is 1.64. The van der Waals surface area contributed by atoms with E-state index >= 15 is 0 Å². The Balaban J connectivity index is 0.000000381. The average molecular weight is 300 g/mol. The first-order valence-corrected chi connectivity index (χ1v) is 7.73. The first-order chi connectivity index (χ1) is 10.8. The van der Waals surface area contributed by atoms with Gasteiger partial charge in [0.1, 0.15) is 5.75 Å². The third kappa shape index (κ3) is 5.13. The number of methoxy groups -OCH3 is 1. The van der Waals surface area contributed by atoms with Crippen LogP contribution in [-0.2, 0) is 6.42 Å². The maximum atomic E-state index is 8.86. The Morgan fingerprint density at radius 2 is 1.95 bits per heavy atom. The Kier molecular flexibility index (Phi) is 6.87. The molecular formula is C18H24N2O2. The van der Waals surface area contributed by atoms with Crippen molar-refractivity contribution in [1.82, 2.24) is 10.3 Å². The molecule has 22 heavy (non-hydrogen) atoms. The van der Waals surface area contributed by atoms with Gasteiger partial charge in [0.25, 0.3) is 0 Å². The van der Waals surface area contributed by atoms with Gasteiger partial charge in [-0.1, -0.05) is 24.3 Å². The van der Waals surface area contributed by atoms with Crippen LogP contribution in [0.2, 0.25) is 0 Å². The highest BCUT2D eigenvalue weighted by Crippen LogP contribution is 2.23. The normalized spacial score (nSPS) is 12.8. The summed E-state index contributed by atoms with van der Waals surface area (Å²) < 4.78 is 5.18. The van der Waals surface area contributed by atoms with E-state index in [0.717, 1.165) is 29.7 Å². The van der Waals surface area contributed by atoms with Crippen LogP contribution in [0.15, 0.2) is 42.7 Å². The molecule has 0 saturated carbocycles. The molecule has 2 N–H and O–H groups in total. The maximum Gasteiger partial charge on any atom is 0.137 e. The number of aromatic nitrogens is 1. The molecule has 0 radical (unpaired) electrons. The molecule has 1 aliphatic heterocycles. The summed E-state index contributed by atoms with van der Waals surface area (Å²) in [5, 5.41) is 12.0. The largest absolute Gasteiger partial charge is 0.495 e. The molecule has 118 valence electrons. The van der Waals surface area contributed by atoms with Crippen molar-refractivity contribution < 1.29 is 9.84 Å². The fourth-order valence-corrected chi connectivity index (χ4v) is 2.05. The lowest BCUT2D eigenvalue weighted by Crippen LogP contribution is -2.29. The van der Waals surface area contributed by atoms with Crippen LogP contribution in [-0.4, -0.2) is 36.9 Å². The van der Waals surface area contributed by atoms with Crippen LogP contribution < -0.4 is 10.1 Å². The van der Waals surface area contributed by atoms with Crippen molar-refractivity contribution in [1.29, 1.82) is 0 Å². The van der Waals surface area contributed by atoms with Crippen molar-refractivity contribution in [2.75, 3.05) is 26.8 Å². The van der Waals surface area contributed by atoms with E-state index in [1.54, 1.807) is 13.3 Å². The summed E-state index contributed by atoms with van der Waals surface area (Å²) in [5.74, 6) is 0.758. The van der Waals surface area contributed by atoms with Crippen molar-refractivity contribution in [3.05, 3.63) is 48.3 Å². The van der Waals surface area contributed by atoms with Gasteiger partial charge in [-0.15, -0.1) is 0 Å². The molecule has 1 fully saturated rings. The highest BCUT2D eigenvalue weighted by Gasteiger charge is 2.01. The number of pyridine rings is 1. The number of ether oxygens (including phenoxy) is 1. The zero-order chi connectivity index (χ0) is 15.6. The second-order valence-corrected chi connectivity index (χ2v) is 5.24. The third-order valence-electron chi connectivity index (χ3n) is 3.54. The highest BCUT2D eigenvalue weighted by atomic mass is 16.5. The molecule has 0 spiro atoms. The molecule has 0 aliphatic carbocycles. The number of hydrogen-bond acceptors (Lipinski definition) is 4. The minimum Gasteiger partial charge on any atom is -0.495 e. The van der Waals surface area contributed by atoms with E-state index in [0.29, 0.717) is 0 Å². The van der Waals surface area contributed by atoms with E-state index < -0.39 is 0 Å². The fraction of sp³-hybridized carbons (Fsp3) is 0.389. The average Bonchev–Trinajstić information content (AvgIpc) is 2.52. The second kappa shape index (κ2) is 9.18. The molecule has 1 aromatic heterocycles. The summed E-state index contributed by atoms with van der Waals surface area (Å²) in [6, 6.07) is 10.3. The summed E-state index contributed by atoms with van der Waals surface area (Å²) in [5.41, 5.74) is 3.39. The van der Waals surface area contributed by atoms with Gasteiger partial charge in [-0.3, -0.25) is 4.98 Å². The first-order valence-electron chi connectivity index (χ1n) is 7.73. The number of aliphatic hydroxyl groups excluding tert-OH is 1. The van der Waals surface area contributed by atoms with Crippen molar-refractivity contribution >= 4 is 0 Å². The van der Waals surface area contributed by atoms with Crippen molar-refractivity contribution in [2.45, 2.75) is 19.3 Å². The van der Waals surface area contributed by atoms with Gasteiger partial charge in [0, 0.05) is 18.4 Å². The van der Waals surface area contributed by atoms with Gasteiger partial charge in [-0.2, -0.15) is 0 Å². The predicted molar refractivity (Wildman–Crippen MR) is 89.1 cm³/mol. The Hall–Kier alpha value is -1.91. The zero-order valence-corrected chi connectivity index (χ0v) is 13.1. The lowest BCUT2D eigenvalue weighted by Gasteiger charge is -2.09. The summed E-state index contributed by atoms with van der Waals surface area (Å²) in [6.07, 6.45) is 6.59. The molecule has 4 nitrogen and oxygen atoms in total. The molecule has 0 amide bonds. The second-order valence-electron chi connectivity index (χ2n) is 5.24. The van der Waals surface area contributed by atoms with Crippen LogP contribution in [0.5, 0.6) is 5.75 Å². The molecular weight excluding hydrogens is 276 g/mol. The molecule has 0 atom stereocenters. The van der Waals surface area contributed by atoms with E-state index in [4.69, 9.17) is 9.84 Å². The number of benzene rings is 1.